The van der Waals surface area contributed by atoms with Crippen LogP contribution in [0.5, 0.6) is 0 Å². The molecule has 0 nitrogen and oxygen atoms in total. The predicted octanol–water partition coefficient (Wildman–Crippen LogP) is 5.02. The van der Waals surface area contributed by atoms with Gasteiger partial charge in [-0.3, -0.25) is 0 Å². The van der Waals surface area contributed by atoms with E-state index in [9.17, 15) is 0 Å². The van der Waals surface area contributed by atoms with Crippen molar-refractivity contribution in [1.29, 1.82) is 0 Å². The third kappa shape index (κ3) is 1.24. The monoisotopic (exact) mass is 262 g/mol. The van der Waals surface area contributed by atoms with Crippen LogP contribution in [0.1, 0.15) is 23.6 Å². The molecule has 1 heteroatoms. The highest BCUT2D eigenvalue weighted by Crippen LogP contribution is 2.63. The summed E-state index contributed by atoms with van der Waals surface area (Å²) < 4.78 is 0. The molecule has 19 heavy (non-hydrogen) atoms. The first-order chi connectivity index (χ1) is 9.12. The van der Waals surface area contributed by atoms with Gasteiger partial charge in [-0.25, -0.2) is 0 Å². The minimum Gasteiger partial charge on any atom is -0.0682 e. The third-order valence-electron chi connectivity index (χ3n) is 4.94. The van der Waals surface area contributed by atoms with Crippen molar-refractivity contribution in [3.8, 4) is 11.1 Å². The van der Waals surface area contributed by atoms with Crippen LogP contribution in [-0.2, 0) is 0 Å². The summed E-state index contributed by atoms with van der Waals surface area (Å²) in [4.78, 5) is 0. The zero-order valence-electron chi connectivity index (χ0n) is 11.7. The van der Waals surface area contributed by atoms with Crippen LogP contribution in [0.4, 0.5) is 0 Å². The van der Waals surface area contributed by atoms with Gasteiger partial charge in [-0.1, -0.05) is 72.4 Å². The van der Waals surface area contributed by atoms with Crippen LogP contribution in [0.25, 0.3) is 16.3 Å². The molecule has 0 fully saturated rings. The molecule has 1 atom stereocenters. The minimum atomic E-state index is -1.20. The van der Waals surface area contributed by atoms with Crippen molar-refractivity contribution in [2.45, 2.75) is 25.6 Å². The molecule has 0 N–H and O–H groups in total. The van der Waals surface area contributed by atoms with Gasteiger partial charge >= 0.3 is 0 Å². The molecule has 0 radical (unpaired) electrons. The molecule has 94 valence electrons. The molecule has 0 saturated carbocycles. The van der Waals surface area contributed by atoms with Gasteiger partial charge in [0.15, 0.2) is 0 Å². The number of rotatable bonds is 1. The molecule has 0 saturated heterocycles. The fourth-order valence-corrected chi connectivity index (χ4v) is 8.74. The van der Waals surface area contributed by atoms with Crippen molar-refractivity contribution >= 4 is 13.3 Å². The van der Waals surface area contributed by atoms with Crippen molar-refractivity contribution in [2.24, 2.45) is 0 Å². The lowest BCUT2D eigenvalue weighted by atomic mass is 9.97. The quantitative estimate of drug-likeness (QED) is 0.633. The summed E-state index contributed by atoms with van der Waals surface area (Å²) in [6, 6.07) is 17.7. The van der Waals surface area contributed by atoms with E-state index in [4.69, 9.17) is 0 Å². The molecular formula is C18H18Si. The van der Waals surface area contributed by atoms with E-state index in [2.05, 4.69) is 68.5 Å². The van der Waals surface area contributed by atoms with Crippen LogP contribution in [0.2, 0.25) is 13.1 Å². The molecule has 0 amide bonds. The number of allylic oxidation sites excluding steroid dienone is 1. The second kappa shape index (κ2) is 3.49. The molecule has 1 unspecified atom stereocenters. The highest BCUT2D eigenvalue weighted by atomic mass is 28.3. The van der Waals surface area contributed by atoms with Gasteiger partial charge < -0.3 is 0 Å². The summed E-state index contributed by atoms with van der Waals surface area (Å²) in [7, 11) is -1.20. The summed E-state index contributed by atoms with van der Waals surface area (Å²) in [5.74, 6) is 0. The molecular weight excluding hydrogens is 244 g/mol. The molecule has 0 spiro atoms. The summed E-state index contributed by atoms with van der Waals surface area (Å²) in [6.07, 6.45) is 0. The molecule has 2 aromatic rings. The lowest BCUT2D eigenvalue weighted by Crippen LogP contribution is -2.41. The first-order valence-corrected chi connectivity index (χ1v) is 10.1. The number of hydrogen-bond donors (Lipinski definition) is 0. The third-order valence-corrected chi connectivity index (χ3v) is 9.06. The number of benzene rings is 2. The van der Waals surface area contributed by atoms with Crippen molar-refractivity contribution in [2.75, 3.05) is 0 Å². The van der Waals surface area contributed by atoms with Crippen LogP contribution < -0.4 is 0 Å². The van der Waals surface area contributed by atoms with Crippen LogP contribution >= 0.6 is 0 Å². The second-order valence-corrected chi connectivity index (χ2v) is 10.9. The normalized spacial score (nSPS) is 22.2. The summed E-state index contributed by atoms with van der Waals surface area (Å²) in [5, 5.41) is 1.73. The van der Waals surface area contributed by atoms with Crippen molar-refractivity contribution in [3.63, 3.8) is 0 Å². The van der Waals surface area contributed by atoms with Crippen LogP contribution in [0.3, 0.4) is 0 Å². The van der Waals surface area contributed by atoms with E-state index in [1.807, 2.05) is 0 Å². The van der Waals surface area contributed by atoms with Gasteiger partial charge in [-0.2, -0.15) is 0 Å². The van der Waals surface area contributed by atoms with Gasteiger partial charge in [-0.05, 0) is 29.2 Å². The van der Waals surface area contributed by atoms with Crippen LogP contribution in [0, 0.1) is 0 Å². The fourth-order valence-electron chi connectivity index (χ4n) is 4.35. The van der Waals surface area contributed by atoms with Gasteiger partial charge in [0, 0.05) is 5.54 Å². The Bertz CT molecular complexity index is 708. The highest BCUT2D eigenvalue weighted by Gasteiger charge is 2.55. The predicted molar refractivity (Wildman–Crippen MR) is 84.7 cm³/mol. The average molecular weight is 262 g/mol. The Kier molecular flexibility index (Phi) is 2.06. The first-order valence-electron chi connectivity index (χ1n) is 7.02. The second-order valence-electron chi connectivity index (χ2n) is 6.35. The lowest BCUT2D eigenvalue weighted by molar-refractivity contribution is 1.06. The minimum absolute atomic E-state index is 0.779. The molecule has 2 aromatic carbocycles. The van der Waals surface area contributed by atoms with Crippen LogP contribution in [-0.4, -0.2) is 8.07 Å². The molecule has 2 heterocycles. The summed E-state index contributed by atoms with van der Waals surface area (Å²) in [5.41, 5.74) is 8.40. The van der Waals surface area contributed by atoms with E-state index in [0.29, 0.717) is 0 Å². The molecule has 1 aliphatic carbocycles. The Morgan fingerprint density at radius 3 is 2.32 bits per heavy atom. The molecule has 2 aliphatic heterocycles. The van der Waals surface area contributed by atoms with Crippen molar-refractivity contribution < 1.29 is 0 Å². The Hall–Kier alpha value is -1.60. The SMILES string of the molecule is CC1=C2c3c(-c4ccccc4)cccc3C1[Si]2(C)C. The average Bonchev–Trinajstić information content (AvgIpc) is 2.86. The van der Waals surface area contributed by atoms with Gasteiger partial charge in [0.05, 0.1) is 8.07 Å². The Morgan fingerprint density at radius 2 is 1.63 bits per heavy atom. The fraction of sp³-hybridized carbons (Fsp3) is 0.222. The largest absolute Gasteiger partial charge is 0.0930 e. The van der Waals surface area contributed by atoms with Crippen molar-refractivity contribution in [1.82, 2.24) is 0 Å². The Morgan fingerprint density at radius 1 is 0.895 bits per heavy atom. The van der Waals surface area contributed by atoms with Gasteiger partial charge in [0.2, 0.25) is 0 Å². The van der Waals surface area contributed by atoms with Gasteiger partial charge in [-0.15, -0.1) is 0 Å². The van der Waals surface area contributed by atoms with Crippen LogP contribution in [0.15, 0.2) is 54.1 Å². The maximum absolute atomic E-state index is 2.52. The van der Waals surface area contributed by atoms with Gasteiger partial charge in [0.25, 0.3) is 0 Å². The summed E-state index contributed by atoms with van der Waals surface area (Å²) >= 11 is 0. The maximum atomic E-state index is 2.52. The Balaban J connectivity index is 1.99. The van der Waals surface area contributed by atoms with Gasteiger partial charge in [0.1, 0.15) is 0 Å². The summed E-state index contributed by atoms with van der Waals surface area (Å²) in [6.45, 7) is 7.39. The van der Waals surface area contributed by atoms with E-state index in [0.717, 1.165) is 5.54 Å². The van der Waals surface area contributed by atoms with E-state index in [-0.39, 0.29) is 0 Å². The zero-order chi connectivity index (χ0) is 13.2. The molecule has 2 bridgehead atoms. The maximum Gasteiger partial charge on any atom is 0.0930 e. The highest BCUT2D eigenvalue weighted by molar-refractivity contribution is 7.01. The lowest BCUT2D eigenvalue weighted by Gasteiger charge is -2.39. The number of hydrogen-bond acceptors (Lipinski definition) is 0. The Labute approximate surface area is 115 Å². The molecule has 0 aromatic heterocycles. The van der Waals surface area contributed by atoms with E-state index < -0.39 is 8.07 Å². The first kappa shape index (κ1) is 11.2. The topological polar surface area (TPSA) is 0 Å². The van der Waals surface area contributed by atoms with Crippen molar-refractivity contribution in [3.05, 3.63) is 65.2 Å². The van der Waals surface area contributed by atoms with E-state index in [1.165, 1.54) is 11.1 Å². The van der Waals surface area contributed by atoms with E-state index in [1.54, 1.807) is 21.9 Å². The van der Waals surface area contributed by atoms with E-state index >= 15 is 0 Å². The molecule has 3 aliphatic rings. The standard InChI is InChI=1S/C18H18Si/c1-12-17-15-11-7-10-14(13-8-5-4-6-9-13)16(15)18(12)19(17,2)3/h4-11,17H,1-3H3. The zero-order valence-corrected chi connectivity index (χ0v) is 12.7. The smallest absolute Gasteiger partial charge is 0.0682 e. The molecule has 5 rings (SSSR count).